The number of aliphatic carboxylic acids is 1. The van der Waals surface area contributed by atoms with Crippen LogP contribution in [0.4, 0.5) is 0 Å². The minimum absolute atomic E-state index is 0.414. The number of rotatable bonds is 10. The molecule has 106 valence electrons. The van der Waals surface area contributed by atoms with Gasteiger partial charge >= 0.3 is 5.97 Å². The Morgan fingerprint density at radius 3 is 2.61 bits per heavy atom. The number of nitrogens with one attached hydrogen (secondary N) is 1. The molecule has 0 radical (unpaired) electrons. The highest BCUT2D eigenvalue weighted by Gasteiger charge is 2.40. The molecule has 18 heavy (non-hydrogen) atoms. The highest BCUT2D eigenvalue weighted by atomic mass is 16.5. The Labute approximate surface area is 110 Å². The first-order valence-corrected chi connectivity index (χ1v) is 7.09. The molecule has 4 nitrogen and oxygen atoms in total. The third-order valence-electron chi connectivity index (χ3n) is 3.41. The van der Waals surface area contributed by atoms with Crippen molar-refractivity contribution >= 4 is 5.97 Å². The predicted octanol–water partition coefficient (Wildman–Crippen LogP) is 2.42. The molecule has 1 atom stereocenters. The number of carboxylic acids is 1. The van der Waals surface area contributed by atoms with Gasteiger partial charge in [-0.05, 0) is 38.0 Å². The van der Waals surface area contributed by atoms with E-state index < -0.39 is 11.5 Å². The highest BCUT2D eigenvalue weighted by Crippen LogP contribution is 2.27. The van der Waals surface area contributed by atoms with Crippen molar-refractivity contribution in [3.8, 4) is 0 Å². The molecule has 0 amide bonds. The second-order valence-corrected chi connectivity index (χ2v) is 5.73. The Balaban J connectivity index is 2.33. The zero-order chi connectivity index (χ0) is 13.6. The second-order valence-electron chi connectivity index (χ2n) is 5.73. The van der Waals surface area contributed by atoms with E-state index in [4.69, 9.17) is 4.74 Å². The third-order valence-corrected chi connectivity index (χ3v) is 3.41. The summed E-state index contributed by atoms with van der Waals surface area (Å²) in [5, 5.41) is 12.7. The molecule has 1 unspecified atom stereocenters. The second kappa shape index (κ2) is 7.10. The van der Waals surface area contributed by atoms with Crippen LogP contribution in [0.5, 0.6) is 0 Å². The van der Waals surface area contributed by atoms with Crippen LogP contribution in [0.1, 0.15) is 52.9 Å². The molecule has 1 aliphatic rings. The molecule has 0 aliphatic heterocycles. The van der Waals surface area contributed by atoms with Crippen LogP contribution < -0.4 is 5.32 Å². The summed E-state index contributed by atoms with van der Waals surface area (Å²) < 4.78 is 5.51. The average Bonchev–Trinajstić information content (AvgIpc) is 3.10. The molecule has 0 saturated heterocycles. The number of hydrogen-bond acceptors (Lipinski definition) is 3. The van der Waals surface area contributed by atoms with Gasteiger partial charge in [0, 0.05) is 19.3 Å². The quantitative estimate of drug-likeness (QED) is 0.590. The molecule has 1 aliphatic carbocycles. The molecule has 1 fully saturated rings. The van der Waals surface area contributed by atoms with E-state index >= 15 is 0 Å². The summed E-state index contributed by atoms with van der Waals surface area (Å²) >= 11 is 0. The number of hydrogen-bond donors (Lipinski definition) is 2. The lowest BCUT2D eigenvalue weighted by Crippen LogP contribution is -2.52. The zero-order valence-corrected chi connectivity index (χ0v) is 11.9. The summed E-state index contributed by atoms with van der Waals surface area (Å²) in [7, 11) is 0. The molecule has 2 N–H and O–H groups in total. The minimum atomic E-state index is -0.748. The lowest BCUT2D eigenvalue weighted by Gasteiger charge is -2.29. The zero-order valence-electron chi connectivity index (χ0n) is 11.9. The Morgan fingerprint density at radius 2 is 2.17 bits per heavy atom. The summed E-state index contributed by atoms with van der Waals surface area (Å²) in [5.41, 5.74) is -0.748. The first-order chi connectivity index (χ1) is 8.50. The molecular formula is C14H27NO3. The smallest absolute Gasteiger partial charge is 0.323 e. The molecule has 0 bridgehead atoms. The van der Waals surface area contributed by atoms with E-state index in [9.17, 15) is 9.90 Å². The van der Waals surface area contributed by atoms with Crippen molar-refractivity contribution in [1.29, 1.82) is 0 Å². The van der Waals surface area contributed by atoms with E-state index in [2.05, 4.69) is 19.2 Å². The molecule has 0 aromatic rings. The maximum absolute atomic E-state index is 11.5. The largest absolute Gasteiger partial charge is 0.480 e. The van der Waals surface area contributed by atoms with Gasteiger partial charge in [-0.15, -0.1) is 0 Å². The van der Waals surface area contributed by atoms with Crippen molar-refractivity contribution in [2.24, 2.45) is 5.92 Å². The van der Waals surface area contributed by atoms with E-state index in [1.807, 2.05) is 6.92 Å². The van der Waals surface area contributed by atoms with Gasteiger partial charge in [0.05, 0.1) is 0 Å². The van der Waals surface area contributed by atoms with Crippen LogP contribution in [0.2, 0.25) is 0 Å². The van der Waals surface area contributed by atoms with Crippen LogP contribution in [0.15, 0.2) is 0 Å². The normalized spacial score (nSPS) is 18.9. The van der Waals surface area contributed by atoms with E-state index in [-0.39, 0.29) is 0 Å². The van der Waals surface area contributed by atoms with Crippen LogP contribution in [-0.4, -0.2) is 35.9 Å². The van der Waals surface area contributed by atoms with Crippen LogP contribution in [-0.2, 0) is 9.53 Å². The van der Waals surface area contributed by atoms with Crippen LogP contribution in [0.3, 0.4) is 0 Å². The molecule has 0 aromatic carbocycles. The molecule has 0 spiro atoms. The number of ether oxygens (including phenoxy) is 1. The summed E-state index contributed by atoms with van der Waals surface area (Å²) in [5.74, 6) is -0.189. The van der Waals surface area contributed by atoms with Crippen LogP contribution in [0, 0.1) is 5.92 Å². The minimum Gasteiger partial charge on any atom is -0.480 e. The van der Waals surface area contributed by atoms with Gasteiger partial charge in [-0.1, -0.05) is 20.8 Å². The van der Waals surface area contributed by atoms with E-state index in [1.54, 1.807) is 0 Å². The standard InChI is InChI=1S/C14H27NO3/c1-4-14(13(16)17,15-12-6-7-12)8-5-9-18-10-11(2)3/h11-12,15H,4-10H2,1-3H3,(H,16,17). The summed E-state index contributed by atoms with van der Waals surface area (Å²) in [6.45, 7) is 7.57. The van der Waals surface area contributed by atoms with Gasteiger partial charge in [-0.2, -0.15) is 0 Å². The molecule has 0 aromatic heterocycles. The fourth-order valence-electron chi connectivity index (χ4n) is 2.08. The fraction of sp³-hybridized carbons (Fsp3) is 0.929. The topological polar surface area (TPSA) is 58.6 Å². The van der Waals surface area contributed by atoms with Crippen molar-refractivity contribution in [2.45, 2.75) is 64.5 Å². The van der Waals surface area contributed by atoms with E-state index in [0.717, 1.165) is 25.9 Å². The Bertz CT molecular complexity index is 264. The van der Waals surface area contributed by atoms with Crippen molar-refractivity contribution in [3.63, 3.8) is 0 Å². The molecule has 0 heterocycles. The van der Waals surface area contributed by atoms with Gasteiger partial charge in [0.1, 0.15) is 5.54 Å². The fourth-order valence-corrected chi connectivity index (χ4v) is 2.08. The number of carboxylic acid groups (broad SMARTS) is 1. The molecule has 4 heteroatoms. The van der Waals surface area contributed by atoms with E-state index in [0.29, 0.717) is 31.4 Å². The first-order valence-electron chi connectivity index (χ1n) is 7.09. The Morgan fingerprint density at radius 1 is 1.50 bits per heavy atom. The molecular weight excluding hydrogens is 230 g/mol. The number of carbonyl (C=O) groups is 1. The van der Waals surface area contributed by atoms with Crippen LogP contribution in [0.25, 0.3) is 0 Å². The maximum Gasteiger partial charge on any atom is 0.323 e. The van der Waals surface area contributed by atoms with Gasteiger partial charge in [0.15, 0.2) is 0 Å². The maximum atomic E-state index is 11.5. The monoisotopic (exact) mass is 257 g/mol. The first kappa shape index (κ1) is 15.4. The third kappa shape index (κ3) is 4.94. The Hall–Kier alpha value is -0.610. The predicted molar refractivity (Wildman–Crippen MR) is 71.7 cm³/mol. The van der Waals surface area contributed by atoms with Crippen molar-refractivity contribution in [1.82, 2.24) is 5.32 Å². The highest BCUT2D eigenvalue weighted by molar-refractivity contribution is 5.78. The van der Waals surface area contributed by atoms with Gasteiger partial charge in [-0.3, -0.25) is 10.1 Å². The summed E-state index contributed by atoms with van der Waals surface area (Å²) in [4.78, 5) is 11.5. The van der Waals surface area contributed by atoms with Crippen molar-refractivity contribution in [3.05, 3.63) is 0 Å². The SMILES string of the molecule is CCC(CCCOCC(C)C)(NC1CC1)C(=O)O. The lowest BCUT2D eigenvalue weighted by molar-refractivity contribution is -0.145. The molecule has 1 rings (SSSR count). The van der Waals surface area contributed by atoms with Gasteiger partial charge in [0.2, 0.25) is 0 Å². The van der Waals surface area contributed by atoms with Crippen molar-refractivity contribution in [2.75, 3.05) is 13.2 Å². The summed E-state index contributed by atoms with van der Waals surface area (Å²) in [6.07, 6.45) is 4.29. The average molecular weight is 257 g/mol. The van der Waals surface area contributed by atoms with Gasteiger partial charge in [0.25, 0.3) is 0 Å². The van der Waals surface area contributed by atoms with Gasteiger partial charge in [-0.25, -0.2) is 0 Å². The lowest BCUT2D eigenvalue weighted by atomic mass is 9.90. The Kier molecular flexibility index (Phi) is 6.09. The molecule has 1 saturated carbocycles. The summed E-state index contributed by atoms with van der Waals surface area (Å²) in [6, 6.07) is 0.414. The van der Waals surface area contributed by atoms with Gasteiger partial charge < -0.3 is 9.84 Å². The van der Waals surface area contributed by atoms with Crippen molar-refractivity contribution < 1.29 is 14.6 Å². The van der Waals surface area contributed by atoms with E-state index in [1.165, 1.54) is 0 Å². The van der Waals surface area contributed by atoms with Crippen LogP contribution >= 0.6 is 0 Å².